The number of fused-ring (bicyclic) bond motifs is 1. The van der Waals surface area contributed by atoms with Gasteiger partial charge in [0.05, 0.1) is 11.8 Å². The van der Waals surface area contributed by atoms with Gasteiger partial charge in [0, 0.05) is 29.3 Å². The molecule has 154 valence electrons. The van der Waals surface area contributed by atoms with E-state index in [0.717, 1.165) is 5.56 Å². The van der Waals surface area contributed by atoms with Gasteiger partial charge >= 0.3 is 5.97 Å². The normalized spacial score (nSPS) is 15.6. The quantitative estimate of drug-likeness (QED) is 0.724. The van der Waals surface area contributed by atoms with Crippen molar-refractivity contribution in [2.45, 2.75) is 53.1 Å². The summed E-state index contributed by atoms with van der Waals surface area (Å²) in [5, 5.41) is 4.03. The highest BCUT2D eigenvalue weighted by molar-refractivity contribution is 6.16. The smallest absolute Gasteiger partial charge is 0.343 e. The fraction of sp³-hybridized carbons (Fsp3) is 0.409. The summed E-state index contributed by atoms with van der Waals surface area (Å²) in [4.78, 5) is 27.5. The largest absolute Gasteiger partial charge is 0.459 e. The van der Waals surface area contributed by atoms with Crippen LogP contribution in [0.25, 0.3) is 5.57 Å². The predicted octanol–water partition coefficient (Wildman–Crippen LogP) is 4.16. The number of aryl methyl sites for hydroxylation is 2. The van der Waals surface area contributed by atoms with Crippen molar-refractivity contribution >= 4 is 17.4 Å². The van der Waals surface area contributed by atoms with Crippen molar-refractivity contribution in [3.63, 3.8) is 0 Å². The van der Waals surface area contributed by atoms with Gasteiger partial charge in [0.2, 0.25) is 0 Å². The van der Waals surface area contributed by atoms with E-state index in [1.54, 1.807) is 27.7 Å². The number of halogens is 1. The summed E-state index contributed by atoms with van der Waals surface area (Å²) in [7, 11) is 0. The first-order valence-electron chi connectivity index (χ1n) is 9.48. The molecule has 1 aromatic heterocycles. The van der Waals surface area contributed by atoms with E-state index >= 15 is 0 Å². The summed E-state index contributed by atoms with van der Waals surface area (Å²) in [5.41, 5.74) is 1.71. The van der Waals surface area contributed by atoms with Gasteiger partial charge in [-0.2, -0.15) is 0 Å². The van der Waals surface area contributed by atoms with Crippen LogP contribution in [0.5, 0.6) is 0 Å². The standard InChI is InChI=1S/C22H25FN2O4/c1-12(2)28-21(27)16-10-25(20(26)15-7-8-17(23)13(3)9-15)11-22(5,6)18-14(4)24-29-19(16)18/h7-10,12H,11H2,1-6H3. The average molecular weight is 400 g/mol. The van der Waals surface area contributed by atoms with Crippen molar-refractivity contribution < 1.29 is 23.2 Å². The molecule has 3 rings (SSSR count). The summed E-state index contributed by atoms with van der Waals surface area (Å²) in [5.74, 6) is -1.01. The first-order chi connectivity index (χ1) is 13.5. The number of amides is 1. The number of nitrogens with zero attached hydrogens (tertiary/aromatic N) is 2. The first kappa shape index (κ1) is 20.8. The van der Waals surface area contributed by atoms with Crippen LogP contribution >= 0.6 is 0 Å². The van der Waals surface area contributed by atoms with Crippen molar-refractivity contribution in [3.05, 3.63) is 58.4 Å². The topological polar surface area (TPSA) is 72.6 Å². The van der Waals surface area contributed by atoms with Crippen LogP contribution in [-0.2, 0) is 14.9 Å². The van der Waals surface area contributed by atoms with Gasteiger partial charge in [0.1, 0.15) is 11.4 Å². The fourth-order valence-electron chi connectivity index (χ4n) is 3.61. The molecule has 1 aromatic carbocycles. The van der Waals surface area contributed by atoms with E-state index in [9.17, 15) is 14.0 Å². The molecule has 2 aromatic rings. The zero-order valence-electron chi connectivity index (χ0n) is 17.5. The van der Waals surface area contributed by atoms with Gasteiger partial charge in [-0.15, -0.1) is 0 Å². The van der Waals surface area contributed by atoms with Crippen molar-refractivity contribution in [2.75, 3.05) is 6.54 Å². The molecule has 0 fully saturated rings. The maximum atomic E-state index is 13.6. The Kier molecular flexibility index (Phi) is 5.34. The van der Waals surface area contributed by atoms with Crippen LogP contribution in [0.15, 0.2) is 28.9 Å². The molecule has 29 heavy (non-hydrogen) atoms. The van der Waals surface area contributed by atoms with E-state index in [1.807, 2.05) is 13.8 Å². The van der Waals surface area contributed by atoms with Gasteiger partial charge in [-0.3, -0.25) is 4.79 Å². The lowest BCUT2D eigenvalue weighted by Crippen LogP contribution is -2.37. The molecule has 0 unspecified atom stereocenters. The van der Waals surface area contributed by atoms with Gasteiger partial charge < -0.3 is 14.2 Å². The highest BCUT2D eigenvalue weighted by atomic mass is 19.1. The molecule has 2 heterocycles. The molecule has 6 nitrogen and oxygen atoms in total. The molecule has 0 atom stereocenters. The van der Waals surface area contributed by atoms with E-state index in [2.05, 4.69) is 5.16 Å². The molecule has 0 bridgehead atoms. The van der Waals surface area contributed by atoms with Crippen LogP contribution in [0.3, 0.4) is 0 Å². The SMILES string of the molecule is Cc1cc(C(=O)N2C=C(C(=O)OC(C)C)c3onc(C)c3C(C)(C)C2)ccc1F. The summed E-state index contributed by atoms with van der Waals surface area (Å²) >= 11 is 0. The molecule has 1 aliphatic heterocycles. The van der Waals surface area contributed by atoms with Crippen LogP contribution < -0.4 is 0 Å². The molecule has 0 N–H and O–H groups in total. The van der Waals surface area contributed by atoms with Crippen molar-refractivity contribution in [1.29, 1.82) is 0 Å². The van der Waals surface area contributed by atoms with E-state index in [1.165, 1.54) is 29.3 Å². The molecule has 7 heteroatoms. The third-order valence-corrected chi connectivity index (χ3v) is 4.86. The number of rotatable bonds is 3. The maximum absolute atomic E-state index is 13.6. The molecular weight excluding hydrogens is 375 g/mol. The molecule has 0 saturated carbocycles. The van der Waals surface area contributed by atoms with Gasteiger partial charge in [-0.05, 0) is 51.5 Å². The minimum absolute atomic E-state index is 0.132. The highest BCUT2D eigenvalue weighted by Crippen LogP contribution is 2.38. The van der Waals surface area contributed by atoms with Gasteiger partial charge in [0.15, 0.2) is 5.76 Å². The lowest BCUT2D eigenvalue weighted by Gasteiger charge is -2.29. The second-order valence-electron chi connectivity index (χ2n) is 8.25. The van der Waals surface area contributed by atoms with Crippen LogP contribution in [0.2, 0.25) is 0 Å². The van der Waals surface area contributed by atoms with Crippen LogP contribution in [-0.4, -0.2) is 34.6 Å². The number of hydrogen-bond acceptors (Lipinski definition) is 5. The van der Waals surface area contributed by atoms with E-state index < -0.39 is 11.4 Å². The monoisotopic (exact) mass is 400 g/mol. The number of aromatic nitrogens is 1. The Bertz CT molecular complexity index is 1000. The molecular formula is C22H25FN2O4. The van der Waals surface area contributed by atoms with Crippen LogP contribution in [0, 0.1) is 19.7 Å². The number of carbonyl (C=O) groups excluding carboxylic acids is 2. The summed E-state index contributed by atoms with van der Waals surface area (Å²) in [6, 6.07) is 4.20. The number of esters is 1. The molecule has 0 spiro atoms. The second-order valence-corrected chi connectivity index (χ2v) is 8.25. The second kappa shape index (κ2) is 7.46. The number of benzene rings is 1. The molecule has 0 saturated heterocycles. The van der Waals surface area contributed by atoms with E-state index in [0.29, 0.717) is 22.6 Å². The fourth-order valence-corrected chi connectivity index (χ4v) is 3.61. The maximum Gasteiger partial charge on any atom is 0.343 e. The molecule has 0 aliphatic carbocycles. The Labute approximate surface area is 169 Å². The summed E-state index contributed by atoms with van der Waals surface area (Å²) < 4.78 is 24.5. The zero-order chi connectivity index (χ0) is 21.5. The van der Waals surface area contributed by atoms with E-state index in [-0.39, 0.29) is 29.9 Å². The van der Waals surface area contributed by atoms with Crippen molar-refractivity contribution in [3.8, 4) is 0 Å². The Balaban J connectivity index is 2.11. The van der Waals surface area contributed by atoms with Crippen LogP contribution in [0.4, 0.5) is 4.39 Å². The Morgan fingerprint density at radius 1 is 1.28 bits per heavy atom. The molecule has 0 radical (unpaired) electrons. The van der Waals surface area contributed by atoms with E-state index in [4.69, 9.17) is 9.26 Å². The third-order valence-electron chi connectivity index (χ3n) is 4.86. The minimum Gasteiger partial charge on any atom is -0.459 e. The van der Waals surface area contributed by atoms with Crippen LogP contribution in [0.1, 0.15) is 60.6 Å². The Morgan fingerprint density at radius 2 is 1.97 bits per heavy atom. The lowest BCUT2D eigenvalue weighted by atomic mass is 9.82. The summed E-state index contributed by atoms with van der Waals surface area (Å²) in [6.07, 6.45) is 1.11. The minimum atomic E-state index is -0.594. The van der Waals surface area contributed by atoms with Gasteiger partial charge in [-0.25, -0.2) is 9.18 Å². The average Bonchev–Trinajstić information content (AvgIpc) is 2.95. The number of ether oxygens (including phenoxy) is 1. The van der Waals surface area contributed by atoms with Gasteiger partial charge in [-0.1, -0.05) is 19.0 Å². The lowest BCUT2D eigenvalue weighted by molar-refractivity contribution is -0.140. The Morgan fingerprint density at radius 3 is 2.59 bits per heavy atom. The third kappa shape index (κ3) is 3.95. The molecule has 1 aliphatic rings. The van der Waals surface area contributed by atoms with Crippen molar-refractivity contribution in [2.24, 2.45) is 0 Å². The number of carbonyl (C=O) groups is 2. The highest BCUT2D eigenvalue weighted by Gasteiger charge is 2.39. The van der Waals surface area contributed by atoms with Crippen molar-refractivity contribution in [1.82, 2.24) is 10.1 Å². The molecule has 1 amide bonds. The Hall–Kier alpha value is -2.96. The van der Waals surface area contributed by atoms with Gasteiger partial charge in [0.25, 0.3) is 5.91 Å². The zero-order valence-corrected chi connectivity index (χ0v) is 17.5. The first-order valence-corrected chi connectivity index (χ1v) is 9.48. The predicted molar refractivity (Wildman–Crippen MR) is 106 cm³/mol. The number of hydrogen-bond donors (Lipinski definition) is 0. The summed E-state index contributed by atoms with van der Waals surface area (Å²) in [6.45, 7) is 11.1.